The Hall–Kier alpha value is -1.50. The maximum Gasteiger partial charge on any atom is 0.407 e. The van der Waals surface area contributed by atoms with Gasteiger partial charge in [0.05, 0.1) is 12.1 Å². The van der Waals surface area contributed by atoms with Crippen LogP contribution >= 0.6 is 0 Å². The Balaban J connectivity index is 1.62. The summed E-state index contributed by atoms with van der Waals surface area (Å²) in [5, 5.41) is 6.35. The van der Waals surface area contributed by atoms with Crippen LogP contribution in [-0.4, -0.2) is 68.0 Å². The number of guanidine groups is 1. The molecule has 150 valence electrons. The molecule has 0 radical (unpaired) electrons. The standard InChI is InChI=1S/C19H36N4O3/c1-19(2,3)26-18(24)22-15-10-12-23(14-15)17(20-4)21-11-7-13-25-16-8-5-6-9-16/h15-16H,5-14H2,1-4H3,(H,20,21)(H,22,24). The van der Waals surface area contributed by atoms with Crippen molar-refractivity contribution in [3.8, 4) is 0 Å². The lowest BCUT2D eigenvalue weighted by Gasteiger charge is -2.23. The number of nitrogens with one attached hydrogen (secondary N) is 2. The van der Waals surface area contributed by atoms with Crippen molar-refractivity contribution >= 4 is 12.1 Å². The van der Waals surface area contributed by atoms with Crippen LogP contribution in [0.5, 0.6) is 0 Å². The zero-order valence-electron chi connectivity index (χ0n) is 16.8. The average molecular weight is 369 g/mol. The Labute approximate surface area is 157 Å². The molecule has 7 heteroatoms. The van der Waals surface area contributed by atoms with E-state index in [0.717, 1.165) is 45.0 Å². The van der Waals surface area contributed by atoms with Crippen LogP contribution < -0.4 is 10.6 Å². The summed E-state index contributed by atoms with van der Waals surface area (Å²) in [4.78, 5) is 18.4. The fourth-order valence-electron chi connectivity index (χ4n) is 3.45. The maximum absolute atomic E-state index is 11.9. The minimum atomic E-state index is -0.472. The van der Waals surface area contributed by atoms with Gasteiger partial charge in [0.1, 0.15) is 5.60 Å². The van der Waals surface area contributed by atoms with E-state index in [1.165, 1.54) is 25.7 Å². The summed E-state index contributed by atoms with van der Waals surface area (Å²) in [6, 6.07) is 0.0918. The van der Waals surface area contributed by atoms with Gasteiger partial charge >= 0.3 is 6.09 Å². The van der Waals surface area contributed by atoms with Crippen molar-refractivity contribution < 1.29 is 14.3 Å². The first-order valence-electron chi connectivity index (χ1n) is 9.94. The van der Waals surface area contributed by atoms with Crippen molar-refractivity contribution in [2.45, 2.75) is 77.0 Å². The molecular formula is C19H36N4O3. The van der Waals surface area contributed by atoms with Crippen molar-refractivity contribution in [1.82, 2.24) is 15.5 Å². The molecule has 1 amide bonds. The monoisotopic (exact) mass is 368 g/mol. The number of nitrogens with zero attached hydrogens (tertiary/aromatic N) is 2. The molecule has 0 aromatic carbocycles. The van der Waals surface area contributed by atoms with Crippen LogP contribution in [0.2, 0.25) is 0 Å². The molecule has 2 fully saturated rings. The Bertz CT molecular complexity index is 470. The first kappa shape index (κ1) is 20.8. The molecule has 0 aromatic heterocycles. The first-order valence-corrected chi connectivity index (χ1v) is 9.94. The smallest absolute Gasteiger partial charge is 0.407 e. The highest BCUT2D eigenvalue weighted by Gasteiger charge is 2.27. The Morgan fingerprint density at radius 3 is 2.62 bits per heavy atom. The molecule has 0 aromatic rings. The Morgan fingerprint density at radius 2 is 1.96 bits per heavy atom. The van der Waals surface area contributed by atoms with Gasteiger partial charge in [-0.25, -0.2) is 4.79 Å². The molecule has 2 N–H and O–H groups in total. The number of carbonyl (C=O) groups is 1. The maximum atomic E-state index is 11.9. The zero-order valence-corrected chi connectivity index (χ0v) is 16.8. The summed E-state index contributed by atoms with van der Waals surface area (Å²) < 4.78 is 11.2. The summed E-state index contributed by atoms with van der Waals surface area (Å²) in [6.07, 6.45) is 7.05. The van der Waals surface area contributed by atoms with E-state index in [0.29, 0.717) is 6.10 Å². The molecule has 2 aliphatic rings. The van der Waals surface area contributed by atoms with Gasteiger partial charge in [0.2, 0.25) is 0 Å². The Morgan fingerprint density at radius 1 is 1.23 bits per heavy atom. The first-order chi connectivity index (χ1) is 12.4. The van der Waals surface area contributed by atoms with E-state index in [1.54, 1.807) is 7.05 Å². The van der Waals surface area contributed by atoms with Crippen molar-refractivity contribution in [1.29, 1.82) is 0 Å². The number of hydrogen-bond acceptors (Lipinski definition) is 4. The van der Waals surface area contributed by atoms with Crippen molar-refractivity contribution in [3.05, 3.63) is 0 Å². The van der Waals surface area contributed by atoms with E-state index in [2.05, 4.69) is 20.5 Å². The van der Waals surface area contributed by atoms with Crippen LogP contribution in [0.15, 0.2) is 4.99 Å². The molecule has 1 atom stereocenters. The molecule has 0 spiro atoms. The quantitative estimate of drug-likeness (QED) is 0.428. The number of aliphatic imine (C=N–C) groups is 1. The van der Waals surface area contributed by atoms with Crippen LogP contribution in [0.3, 0.4) is 0 Å². The van der Waals surface area contributed by atoms with Crippen molar-refractivity contribution in [2.24, 2.45) is 4.99 Å². The average Bonchev–Trinajstić information content (AvgIpc) is 3.21. The normalized spacial score (nSPS) is 21.9. The zero-order chi connectivity index (χ0) is 19.0. The van der Waals surface area contributed by atoms with Gasteiger partial charge in [-0.15, -0.1) is 0 Å². The minimum absolute atomic E-state index is 0.0918. The highest BCUT2D eigenvalue weighted by molar-refractivity contribution is 5.80. The molecule has 1 saturated heterocycles. The van der Waals surface area contributed by atoms with Gasteiger partial charge in [-0.05, 0) is 46.5 Å². The lowest BCUT2D eigenvalue weighted by atomic mass is 10.2. The van der Waals surface area contributed by atoms with Gasteiger partial charge in [-0.3, -0.25) is 4.99 Å². The molecule has 26 heavy (non-hydrogen) atoms. The predicted molar refractivity (Wildman–Crippen MR) is 104 cm³/mol. The van der Waals surface area contributed by atoms with E-state index in [-0.39, 0.29) is 12.1 Å². The molecule has 1 unspecified atom stereocenters. The second-order valence-corrected chi connectivity index (χ2v) is 8.18. The van der Waals surface area contributed by atoms with Crippen LogP contribution in [-0.2, 0) is 9.47 Å². The largest absolute Gasteiger partial charge is 0.444 e. The van der Waals surface area contributed by atoms with Gasteiger partial charge in [-0.2, -0.15) is 0 Å². The fraction of sp³-hybridized carbons (Fsp3) is 0.895. The van der Waals surface area contributed by atoms with E-state index in [4.69, 9.17) is 9.47 Å². The van der Waals surface area contributed by atoms with Crippen LogP contribution in [0.1, 0.15) is 59.3 Å². The number of amides is 1. The molecule has 1 aliphatic heterocycles. The summed E-state index contributed by atoms with van der Waals surface area (Å²) >= 11 is 0. The van der Waals surface area contributed by atoms with Crippen LogP contribution in [0.4, 0.5) is 4.79 Å². The number of alkyl carbamates (subject to hydrolysis) is 1. The highest BCUT2D eigenvalue weighted by atomic mass is 16.6. The molecule has 7 nitrogen and oxygen atoms in total. The Kier molecular flexibility index (Phi) is 8.00. The highest BCUT2D eigenvalue weighted by Crippen LogP contribution is 2.20. The van der Waals surface area contributed by atoms with Gasteiger partial charge < -0.3 is 25.0 Å². The molecular weight excluding hydrogens is 332 g/mol. The number of likely N-dealkylation sites (tertiary alicyclic amines) is 1. The van der Waals surface area contributed by atoms with E-state index >= 15 is 0 Å². The number of ether oxygens (including phenoxy) is 2. The molecule has 1 saturated carbocycles. The van der Waals surface area contributed by atoms with Gasteiger partial charge in [0, 0.05) is 33.3 Å². The summed E-state index contributed by atoms with van der Waals surface area (Å²) in [6.45, 7) is 8.88. The van der Waals surface area contributed by atoms with Gasteiger partial charge in [-0.1, -0.05) is 12.8 Å². The van der Waals surface area contributed by atoms with Crippen LogP contribution in [0.25, 0.3) is 0 Å². The second-order valence-electron chi connectivity index (χ2n) is 8.18. The van der Waals surface area contributed by atoms with E-state index in [1.807, 2.05) is 20.8 Å². The summed E-state index contributed by atoms with van der Waals surface area (Å²) in [5.41, 5.74) is -0.472. The van der Waals surface area contributed by atoms with Gasteiger partial charge in [0.25, 0.3) is 0 Å². The van der Waals surface area contributed by atoms with E-state index in [9.17, 15) is 4.79 Å². The number of hydrogen-bond donors (Lipinski definition) is 2. The van der Waals surface area contributed by atoms with Crippen molar-refractivity contribution in [3.63, 3.8) is 0 Å². The molecule has 1 heterocycles. The number of rotatable bonds is 6. The van der Waals surface area contributed by atoms with Crippen LogP contribution in [0, 0.1) is 0 Å². The third-order valence-corrected chi connectivity index (χ3v) is 4.68. The van der Waals surface area contributed by atoms with Gasteiger partial charge in [0.15, 0.2) is 5.96 Å². The topological polar surface area (TPSA) is 75.2 Å². The molecule has 1 aliphatic carbocycles. The van der Waals surface area contributed by atoms with E-state index < -0.39 is 5.60 Å². The SMILES string of the molecule is CN=C(NCCCOC1CCCC1)N1CCC(NC(=O)OC(C)(C)C)C1. The lowest BCUT2D eigenvalue weighted by molar-refractivity contribution is 0.0506. The predicted octanol–water partition coefficient (Wildman–Crippen LogP) is 2.51. The third-order valence-electron chi connectivity index (χ3n) is 4.68. The summed E-state index contributed by atoms with van der Waals surface area (Å²) in [5.74, 6) is 0.888. The molecule has 2 rings (SSSR count). The number of carbonyl (C=O) groups excluding carboxylic acids is 1. The minimum Gasteiger partial charge on any atom is -0.444 e. The van der Waals surface area contributed by atoms with Crippen molar-refractivity contribution in [2.75, 3.05) is 33.3 Å². The third kappa shape index (κ3) is 7.40. The second kappa shape index (κ2) is 10.00. The summed E-state index contributed by atoms with van der Waals surface area (Å²) in [7, 11) is 1.80. The molecule has 0 bridgehead atoms. The fourth-order valence-corrected chi connectivity index (χ4v) is 3.45. The lowest BCUT2D eigenvalue weighted by Crippen LogP contribution is -2.44.